The third-order valence-corrected chi connectivity index (χ3v) is 1.77. The van der Waals surface area contributed by atoms with E-state index in [4.69, 9.17) is 9.15 Å². The largest absolute Gasteiger partial charge is 0.467 e. The Labute approximate surface area is 65.5 Å². The zero-order chi connectivity index (χ0) is 7.52. The average molecular weight is 150 g/mol. The third kappa shape index (κ3) is 1.35. The first-order valence-corrected chi connectivity index (χ1v) is 3.77. The Morgan fingerprint density at radius 2 is 2.36 bits per heavy atom. The molecule has 58 valence electrons. The highest BCUT2D eigenvalue weighted by atomic mass is 16.5. The lowest BCUT2D eigenvalue weighted by Gasteiger charge is -2.15. The van der Waals surface area contributed by atoms with Gasteiger partial charge in [-0.1, -0.05) is 12.2 Å². The molecule has 2 nitrogen and oxygen atoms in total. The summed E-state index contributed by atoms with van der Waals surface area (Å²) in [4.78, 5) is 0. The van der Waals surface area contributed by atoms with Gasteiger partial charge in [0.25, 0.3) is 0 Å². The molecule has 0 bridgehead atoms. The summed E-state index contributed by atoms with van der Waals surface area (Å²) in [5.41, 5.74) is 0. The Bertz CT molecular complexity index is 236. The van der Waals surface area contributed by atoms with Crippen molar-refractivity contribution in [3.8, 4) is 0 Å². The maximum absolute atomic E-state index is 5.44. The molecule has 0 spiro atoms. The van der Waals surface area contributed by atoms with Crippen LogP contribution in [0.3, 0.4) is 0 Å². The summed E-state index contributed by atoms with van der Waals surface area (Å²) in [5.74, 6) is 0.925. The highest BCUT2D eigenvalue weighted by molar-refractivity contribution is 5.06. The van der Waals surface area contributed by atoms with Gasteiger partial charge in [0.2, 0.25) is 0 Å². The third-order valence-electron chi connectivity index (χ3n) is 1.77. The van der Waals surface area contributed by atoms with Crippen LogP contribution < -0.4 is 0 Å². The second kappa shape index (κ2) is 2.93. The van der Waals surface area contributed by atoms with E-state index in [2.05, 4.69) is 6.08 Å². The molecule has 1 atom stereocenters. The van der Waals surface area contributed by atoms with Crippen LogP contribution in [-0.2, 0) is 4.74 Å². The predicted octanol–water partition coefficient (Wildman–Crippen LogP) is 2.30. The summed E-state index contributed by atoms with van der Waals surface area (Å²) in [6.45, 7) is 0.700. The molecule has 0 fully saturated rings. The Hall–Kier alpha value is -1.02. The molecule has 11 heavy (non-hydrogen) atoms. The van der Waals surface area contributed by atoms with Gasteiger partial charge in [-0.15, -0.1) is 0 Å². The Balaban J connectivity index is 2.11. The van der Waals surface area contributed by atoms with Crippen LogP contribution in [0.2, 0.25) is 0 Å². The quantitative estimate of drug-likeness (QED) is 0.573. The Morgan fingerprint density at radius 3 is 3.00 bits per heavy atom. The summed E-state index contributed by atoms with van der Waals surface area (Å²) in [6.07, 6.45) is 6.88. The molecular weight excluding hydrogens is 140 g/mol. The molecule has 0 amide bonds. The maximum atomic E-state index is 5.44. The highest BCUT2D eigenvalue weighted by Crippen LogP contribution is 2.24. The van der Waals surface area contributed by atoms with Crippen LogP contribution in [0.5, 0.6) is 0 Å². The molecule has 0 saturated heterocycles. The molecule has 0 aliphatic carbocycles. The van der Waals surface area contributed by atoms with Gasteiger partial charge in [-0.3, -0.25) is 0 Å². The normalized spacial score (nSPS) is 23.8. The fourth-order valence-electron chi connectivity index (χ4n) is 1.20. The van der Waals surface area contributed by atoms with Crippen LogP contribution >= 0.6 is 0 Å². The first-order chi connectivity index (χ1) is 5.47. The minimum atomic E-state index is 0.134. The topological polar surface area (TPSA) is 22.4 Å². The van der Waals surface area contributed by atoms with Crippen LogP contribution in [0, 0.1) is 0 Å². The smallest absolute Gasteiger partial charge is 0.132 e. The summed E-state index contributed by atoms with van der Waals surface area (Å²) >= 11 is 0. The molecule has 1 aromatic heterocycles. The van der Waals surface area contributed by atoms with Gasteiger partial charge in [0.1, 0.15) is 11.9 Å². The fraction of sp³-hybridized carbons (Fsp3) is 0.333. The SMILES string of the molecule is C1=CC[C@@H](c2ccco2)OC1. The maximum Gasteiger partial charge on any atom is 0.132 e. The van der Waals surface area contributed by atoms with Crippen molar-refractivity contribution in [1.29, 1.82) is 0 Å². The van der Waals surface area contributed by atoms with Crippen LogP contribution in [0.4, 0.5) is 0 Å². The van der Waals surface area contributed by atoms with Gasteiger partial charge in [0.05, 0.1) is 12.9 Å². The lowest BCUT2D eigenvalue weighted by Crippen LogP contribution is -2.06. The molecule has 1 aliphatic heterocycles. The number of hydrogen-bond acceptors (Lipinski definition) is 2. The molecule has 0 aromatic carbocycles. The van der Waals surface area contributed by atoms with E-state index in [0.29, 0.717) is 6.61 Å². The van der Waals surface area contributed by atoms with E-state index in [1.54, 1.807) is 6.26 Å². The fourth-order valence-corrected chi connectivity index (χ4v) is 1.20. The summed E-state index contributed by atoms with van der Waals surface area (Å²) in [6, 6.07) is 3.83. The van der Waals surface area contributed by atoms with Gasteiger partial charge in [-0.2, -0.15) is 0 Å². The van der Waals surface area contributed by atoms with Crippen molar-refractivity contribution < 1.29 is 9.15 Å². The van der Waals surface area contributed by atoms with E-state index in [-0.39, 0.29) is 6.10 Å². The number of ether oxygens (including phenoxy) is 1. The lowest BCUT2D eigenvalue weighted by atomic mass is 10.1. The number of rotatable bonds is 1. The molecule has 2 heteroatoms. The predicted molar refractivity (Wildman–Crippen MR) is 41.2 cm³/mol. The second-order valence-corrected chi connectivity index (χ2v) is 2.54. The van der Waals surface area contributed by atoms with Gasteiger partial charge in [0.15, 0.2) is 0 Å². The summed E-state index contributed by atoms with van der Waals surface area (Å²) < 4.78 is 10.7. The summed E-state index contributed by atoms with van der Waals surface area (Å²) in [7, 11) is 0. The molecular formula is C9H10O2. The minimum Gasteiger partial charge on any atom is -0.467 e. The van der Waals surface area contributed by atoms with E-state index in [9.17, 15) is 0 Å². The standard InChI is InChI=1S/C9H10O2/c1-2-6-10-8(4-1)9-5-3-7-11-9/h1-3,5,7-8H,4,6H2/t8-/m0/s1. The summed E-state index contributed by atoms with van der Waals surface area (Å²) in [5, 5.41) is 0. The molecule has 0 unspecified atom stereocenters. The van der Waals surface area contributed by atoms with Crippen molar-refractivity contribution in [3.05, 3.63) is 36.3 Å². The van der Waals surface area contributed by atoms with Crippen molar-refractivity contribution in [1.82, 2.24) is 0 Å². The van der Waals surface area contributed by atoms with Crippen LogP contribution in [0.15, 0.2) is 35.0 Å². The monoisotopic (exact) mass is 150 g/mol. The van der Waals surface area contributed by atoms with Crippen LogP contribution in [0.25, 0.3) is 0 Å². The van der Waals surface area contributed by atoms with Crippen LogP contribution in [-0.4, -0.2) is 6.61 Å². The van der Waals surface area contributed by atoms with Gasteiger partial charge in [-0.05, 0) is 18.6 Å². The zero-order valence-corrected chi connectivity index (χ0v) is 6.19. The van der Waals surface area contributed by atoms with E-state index >= 15 is 0 Å². The molecule has 0 saturated carbocycles. The lowest BCUT2D eigenvalue weighted by molar-refractivity contribution is 0.0514. The molecule has 1 aromatic rings. The molecule has 0 N–H and O–H groups in total. The molecule has 0 radical (unpaired) electrons. The van der Waals surface area contributed by atoms with Crippen LogP contribution in [0.1, 0.15) is 18.3 Å². The molecule has 2 heterocycles. The number of furan rings is 1. The average Bonchev–Trinajstić information content (AvgIpc) is 2.58. The van der Waals surface area contributed by atoms with E-state index in [1.807, 2.05) is 18.2 Å². The van der Waals surface area contributed by atoms with E-state index in [0.717, 1.165) is 12.2 Å². The highest BCUT2D eigenvalue weighted by Gasteiger charge is 2.14. The van der Waals surface area contributed by atoms with Crippen molar-refractivity contribution in [3.63, 3.8) is 0 Å². The number of hydrogen-bond donors (Lipinski definition) is 0. The zero-order valence-electron chi connectivity index (χ0n) is 6.19. The van der Waals surface area contributed by atoms with E-state index in [1.165, 1.54) is 0 Å². The van der Waals surface area contributed by atoms with Gasteiger partial charge >= 0.3 is 0 Å². The van der Waals surface area contributed by atoms with Gasteiger partial charge < -0.3 is 9.15 Å². The Kier molecular flexibility index (Phi) is 1.78. The van der Waals surface area contributed by atoms with Crippen molar-refractivity contribution in [2.45, 2.75) is 12.5 Å². The molecule has 2 rings (SSSR count). The first kappa shape index (κ1) is 6.68. The van der Waals surface area contributed by atoms with Gasteiger partial charge in [0, 0.05) is 0 Å². The Morgan fingerprint density at radius 1 is 1.36 bits per heavy atom. The minimum absolute atomic E-state index is 0.134. The second-order valence-electron chi connectivity index (χ2n) is 2.54. The van der Waals surface area contributed by atoms with Crippen molar-refractivity contribution in [2.24, 2.45) is 0 Å². The first-order valence-electron chi connectivity index (χ1n) is 3.77. The van der Waals surface area contributed by atoms with Crippen molar-refractivity contribution >= 4 is 0 Å². The molecule has 1 aliphatic rings. The van der Waals surface area contributed by atoms with Gasteiger partial charge in [-0.25, -0.2) is 0 Å². The van der Waals surface area contributed by atoms with E-state index < -0.39 is 0 Å². The van der Waals surface area contributed by atoms with Crippen molar-refractivity contribution in [2.75, 3.05) is 6.61 Å².